The summed E-state index contributed by atoms with van der Waals surface area (Å²) in [5.41, 5.74) is 0.734. The molecule has 0 saturated heterocycles. The number of tetrazole rings is 1. The molecule has 0 saturated carbocycles. The maximum absolute atomic E-state index is 12.0. The van der Waals surface area contributed by atoms with E-state index < -0.39 is 22.0 Å². The zero-order valence-corrected chi connectivity index (χ0v) is 12.3. The third-order valence-corrected chi connectivity index (χ3v) is 4.25. The van der Waals surface area contributed by atoms with E-state index in [1.54, 1.807) is 30.3 Å². The number of rotatable bonds is 8. The summed E-state index contributed by atoms with van der Waals surface area (Å²) < 4.78 is 27.4. The first-order valence-electron chi connectivity index (χ1n) is 6.44. The van der Waals surface area contributed by atoms with Gasteiger partial charge in [0.05, 0.1) is 12.3 Å². The number of carboxylic acid groups (broad SMARTS) is 1. The Hall–Kier alpha value is -2.33. The van der Waals surface area contributed by atoms with E-state index in [2.05, 4.69) is 20.2 Å². The lowest BCUT2D eigenvalue weighted by Crippen LogP contribution is -2.43. The van der Waals surface area contributed by atoms with E-state index in [1.807, 2.05) is 0 Å². The zero-order chi connectivity index (χ0) is 16.0. The standard InChI is InChI=1S/C12H15N5O4S/c18-12(19)11(8-10-4-2-1-3-5-10)14-22(20,21)7-6-17-9-13-15-16-17/h1-5,9,11,14H,6-8H2,(H,18,19). The van der Waals surface area contributed by atoms with Crippen LogP contribution >= 0.6 is 0 Å². The number of aryl methyl sites for hydroxylation is 1. The minimum atomic E-state index is -3.77. The molecule has 0 bridgehead atoms. The highest BCUT2D eigenvalue weighted by Crippen LogP contribution is 2.05. The Kier molecular flexibility index (Phi) is 5.17. The summed E-state index contributed by atoms with van der Waals surface area (Å²) in [4.78, 5) is 11.2. The molecule has 0 aliphatic rings. The second-order valence-electron chi connectivity index (χ2n) is 4.59. The molecule has 10 heteroatoms. The highest BCUT2D eigenvalue weighted by atomic mass is 32.2. The molecular formula is C12H15N5O4S. The molecule has 0 radical (unpaired) electrons. The molecule has 0 aliphatic carbocycles. The second kappa shape index (κ2) is 7.09. The topological polar surface area (TPSA) is 127 Å². The number of nitrogens with one attached hydrogen (secondary N) is 1. The zero-order valence-electron chi connectivity index (χ0n) is 11.5. The van der Waals surface area contributed by atoms with Gasteiger partial charge in [-0.05, 0) is 22.4 Å². The molecule has 0 spiro atoms. The van der Waals surface area contributed by atoms with Gasteiger partial charge in [-0.15, -0.1) is 5.10 Å². The van der Waals surface area contributed by atoms with E-state index >= 15 is 0 Å². The van der Waals surface area contributed by atoms with E-state index in [9.17, 15) is 18.3 Å². The molecule has 2 aromatic rings. The summed E-state index contributed by atoms with van der Waals surface area (Å²) in [6.45, 7) is 0.0417. The summed E-state index contributed by atoms with van der Waals surface area (Å²) in [6.07, 6.45) is 1.36. The van der Waals surface area contributed by atoms with Crippen molar-refractivity contribution in [2.75, 3.05) is 5.75 Å². The molecule has 118 valence electrons. The van der Waals surface area contributed by atoms with E-state index in [0.717, 1.165) is 5.56 Å². The SMILES string of the molecule is O=C(O)C(Cc1ccccc1)NS(=O)(=O)CCn1cnnn1. The van der Waals surface area contributed by atoms with Gasteiger partial charge in [-0.2, -0.15) is 0 Å². The van der Waals surface area contributed by atoms with E-state index in [1.165, 1.54) is 11.0 Å². The molecule has 1 atom stereocenters. The molecule has 1 unspecified atom stereocenters. The second-order valence-corrected chi connectivity index (χ2v) is 6.46. The molecular weight excluding hydrogens is 310 g/mol. The van der Waals surface area contributed by atoms with Crippen LogP contribution in [0.1, 0.15) is 5.56 Å². The lowest BCUT2D eigenvalue weighted by Gasteiger charge is -2.14. The number of hydrogen-bond acceptors (Lipinski definition) is 6. The lowest BCUT2D eigenvalue weighted by atomic mass is 10.1. The third-order valence-electron chi connectivity index (χ3n) is 2.88. The van der Waals surface area contributed by atoms with Gasteiger partial charge in [0.1, 0.15) is 12.4 Å². The number of aliphatic carboxylic acids is 1. The van der Waals surface area contributed by atoms with Crippen molar-refractivity contribution < 1.29 is 18.3 Å². The van der Waals surface area contributed by atoms with Crippen LogP contribution in [0.5, 0.6) is 0 Å². The first-order valence-corrected chi connectivity index (χ1v) is 8.09. The Morgan fingerprint density at radius 1 is 1.32 bits per heavy atom. The minimum Gasteiger partial charge on any atom is -0.480 e. The monoisotopic (exact) mass is 325 g/mol. The number of nitrogens with zero attached hydrogens (tertiary/aromatic N) is 4. The molecule has 0 aliphatic heterocycles. The predicted octanol–water partition coefficient (Wildman–Crippen LogP) is -0.712. The molecule has 22 heavy (non-hydrogen) atoms. The molecule has 1 heterocycles. The van der Waals surface area contributed by atoms with Crippen LogP contribution in [0.3, 0.4) is 0 Å². The van der Waals surface area contributed by atoms with Crippen molar-refractivity contribution in [1.29, 1.82) is 0 Å². The predicted molar refractivity (Wildman–Crippen MR) is 76.3 cm³/mol. The first-order chi connectivity index (χ1) is 10.5. The van der Waals surface area contributed by atoms with Gasteiger partial charge in [-0.3, -0.25) is 4.79 Å². The number of benzene rings is 1. The van der Waals surface area contributed by atoms with Gasteiger partial charge in [0.2, 0.25) is 10.0 Å². The van der Waals surface area contributed by atoms with Gasteiger partial charge in [-0.1, -0.05) is 30.3 Å². The summed E-state index contributed by atoms with van der Waals surface area (Å²) >= 11 is 0. The van der Waals surface area contributed by atoms with Crippen molar-refractivity contribution in [3.05, 3.63) is 42.2 Å². The third kappa shape index (κ3) is 4.90. The van der Waals surface area contributed by atoms with Crippen molar-refractivity contribution in [1.82, 2.24) is 24.9 Å². The Balaban J connectivity index is 1.98. The van der Waals surface area contributed by atoms with Crippen LogP contribution in [0, 0.1) is 0 Å². The molecule has 1 aromatic carbocycles. The molecule has 0 fully saturated rings. The van der Waals surface area contributed by atoms with E-state index in [4.69, 9.17) is 0 Å². The lowest BCUT2D eigenvalue weighted by molar-refractivity contribution is -0.138. The van der Waals surface area contributed by atoms with Crippen molar-refractivity contribution in [3.63, 3.8) is 0 Å². The van der Waals surface area contributed by atoms with Gasteiger partial charge in [0, 0.05) is 0 Å². The normalized spacial score (nSPS) is 12.9. The fourth-order valence-corrected chi connectivity index (χ4v) is 2.96. The van der Waals surface area contributed by atoms with E-state index in [-0.39, 0.29) is 18.7 Å². The summed E-state index contributed by atoms with van der Waals surface area (Å²) in [6, 6.07) is 7.59. The summed E-state index contributed by atoms with van der Waals surface area (Å²) in [5, 5.41) is 19.5. The highest BCUT2D eigenvalue weighted by molar-refractivity contribution is 7.89. The highest BCUT2D eigenvalue weighted by Gasteiger charge is 2.24. The van der Waals surface area contributed by atoms with Gasteiger partial charge < -0.3 is 5.11 Å². The van der Waals surface area contributed by atoms with Crippen LogP contribution in [0.25, 0.3) is 0 Å². The maximum atomic E-state index is 12.0. The minimum absolute atomic E-state index is 0.0417. The van der Waals surface area contributed by atoms with Crippen molar-refractivity contribution >= 4 is 16.0 Å². The quantitative estimate of drug-likeness (QED) is 0.656. The molecule has 1 aromatic heterocycles. The Morgan fingerprint density at radius 2 is 2.05 bits per heavy atom. The molecule has 2 N–H and O–H groups in total. The fraction of sp³-hybridized carbons (Fsp3) is 0.333. The molecule has 0 amide bonds. The average molecular weight is 325 g/mol. The van der Waals surface area contributed by atoms with Crippen LogP contribution < -0.4 is 4.72 Å². The van der Waals surface area contributed by atoms with Crippen molar-refractivity contribution in [2.45, 2.75) is 19.0 Å². The number of carboxylic acids is 1. The van der Waals surface area contributed by atoms with Crippen LogP contribution in [0.4, 0.5) is 0 Å². The Labute approximate surface area is 127 Å². The number of hydrogen-bond donors (Lipinski definition) is 2. The Bertz CT molecular complexity index is 702. The van der Waals surface area contributed by atoms with Gasteiger partial charge in [0.15, 0.2) is 0 Å². The Morgan fingerprint density at radius 3 is 2.64 bits per heavy atom. The van der Waals surface area contributed by atoms with Gasteiger partial charge >= 0.3 is 5.97 Å². The van der Waals surface area contributed by atoms with Crippen molar-refractivity contribution in [3.8, 4) is 0 Å². The van der Waals surface area contributed by atoms with Crippen LogP contribution in [0.2, 0.25) is 0 Å². The average Bonchev–Trinajstić information content (AvgIpc) is 2.99. The molecule has 2 rings (SSSR count). The summed E-state index contributed by atoms with van der Waals surface area (Å²) in [7, 11) is -3.77. The molecule has 9 nitrogen and oxygen atoms in total. The van der Waals surface area contributed by atoms with Crippen LogP contribution in [0.15, 0.2) is 36.7 Å². The number of aromatic nitrogens is 4. The van der Waals surface area contributed by atoms with E-state index in [0.29, 0.717) is 0 Å². The fourth-order valence-electron chi connectivity index (χ4n) is 1.80. The van der Waals surface area contributed by atoms with Crippen molar-refractivity contribution in [2.24, 2.45) is 0 Å². The number of carbonyl (C=O) groups is 1. The van der Waals surface area contributed by atoms with Gasteiger partial charge in [0.25, 0.3) is 0 Å². The maximum Gasteiger partial charge on any atom is 0.322 e. The first kappa shape index (κ1) is 16.0. The van der Waals surface area contributed by atoms with Gasteiger partial charge in [-0.25, -0.2) is 17.8 Å². The smallest absolute Gasteiger partial charge is 0.322 e. The number of sulfonamides is 1. The summed E-state index contributed by atoms with van der Waals surface area (Å²) in [5.74, 6) is -1.54. The largest absolute Gasteiger partial charge is 0.480 e. The van der Waals surface area contributed by atoms with Crippen LogP contribution in [-0.2, 0) is 27.8 Å². The van der Waals surface area contributed by atoms with Crippen LogP contribution in [-0.4, -0.2) is 51.5 Å².